The van der Waals surface area contributed by atoms with Crippen LogP contribution in [0.3, 0.4) is 0 Å². The molecule has 222 valence electrons. The molecule has 3 aliphatic rings. The molecule has 42 heavy (non-hydrogen) atoms. The fourth-order valence-corrected chi connectivity index (χ4v) is 6.56. The number of primary amides is 1. The number of oxime groups is 1. The highest BCUT2D eigenvalue weighted by Gasteiger charge is 2.63. The van der Waals surface area contributed by atoms with Gasteiger partial charge in [0.25, 0.3) is 5.91 Å². The number of ketones is 2. The van der Waals surface area contributed by atoms with Crippen molar-refractivity contribution in [3.05, 3.63) is 57.8 Å². The van der Waals surface area contributed by atoms with Crippen LogP contribution in [0.25, 0.3) is 11.3 Å². The number of furan rings is 1. The molecule has 1 heterocycles. The molecule has 0 fully saturated rings. The first-order valence-electron chi connectivity index (χ1n) is 13.1. The van der Waals surface area contributed by atoms with Crippen LogP contribution in [0, 0.1) is 11.8 Å². The second-order valence-corrected chi connectivity index (χ2v) is 11.1. The molecule has 0 radical (unpaired) electrons. The number of anilines is 1. The monoisotopic (exact) mass is 580 g/mol. The molecule has 4 atom stereocenters. The minimum Gasteiger partial charge on any atom is -0.510 e. The topological polar surface area (TPSA) is 199 Å². The SMILES string of the molecule is CO/N=C/c1ccc(-c2cc(N(C)C)c3c(c2O)C(=O)C2=C(O)[C@]4(O)C(=O)C(C(N)=O)=C(O)C(N(C)C)[C@H]4C[C@H]2C3)o1. The van der Waals surface area contributed by atoms with E-state index >= 15 is 0 Å². The van der Waals surface area contributed by atoms with Gasteiger partial charge in [-0.2, -0.15) is 0 Å². The Morgan fingerprint density at radius 1 is 1.19 bits per heavy atom. The Labute approximate surface area is 240 Å². The minimum absolute atomic E-state index is 0.00151. The van der Waals surface area contributed by atoms with E-state index in [0.717, 1.165) is 0 Å². The number of aliphatic hydroxyl groups excluding tert-OH is 2. The van der Waals surface area contributed by atoms with Gasteiger partial charge < -0.3 is 40.3 Å². The number of carbonyl (C=O) groups is 3. The van der Waals surface area contributed by atoms with Crippen molar-refractivity contribution in [1.82, 2.24) is 4.90 Å². The number of aromatic hydroxyl groups is 1. The van der Waals surface area contributed by atoms with E-state index < -0.39 is 63.8 Å². The zero-order valence-electron chi connectivity index (χ0n) is 23.7. The number of rotatable bonds is 6. The third kappa shape index (κ3) is 3.99. The normalized spacial score (nSPS) is 25.5. The van der Waals surface area contributed by atoms with Crippen molar-refractivity contribution < 1.29 is 44.1 Å². The summed E-state index contributed by atoms with van der Waals surface area (Å²) in [4.78, 5) is 47.8. The number of aliphatic hydroxyl groups is 3. The second kappa shape index (κ2) is 10.0. The lowest BCUT2D eigenvalue weighted by atomic mass is 9.58. The highest BCUT2D eigenvalue weighted by Crippen LogP contribution is 2.54. The standard InChI is InChI=1S/C29H32N4O9/c1-32(2)17-10-15(18-7-6-13(42-18)11-31-41-5)23(34)20-14(17)8-12-9-16-22(33(3)4)25(36)21(28(30)39)27(38)29(16,40)26(37)19(12)24(20)35/h6-7,10-12,16,22,34,36-37,40H,8-9H2,1-5H3,(H2,30,39)/b31-11+/t12-,16-,22?,29+/m1/s1. The Kier molecular flexibility index (Phi) is 6.90. The fourth-order valence-electron chi connectivity index (χ4n) is 6.56. The van der Waals surface area contributed by atoms with Crippen molar-refractivity contribution >= 4 is 29.4 Å². The molecular formula is C29H32N4O9. The first-order chi connectivity index (χ1) is 19.7. The van der Waals surface area contributed by atoms with Crippen molar-refractivity contribution in [3.63, 3.8) is 0 Å². The van der Waals surface area contributed by atoms with E-state index in [0.29, 0.717) is 17.0 Å². The van der Waals surface area contributed by atoms with Gasteiger partial charge in [-0.25, -0.2) is 0 Å². The lowest BCUT2D eigenvalue weighted by Crippen LogP contribution is -2.63. The van der Waals surface area contributed by atoms with Crippen LogP contribution in [0.15, 0.2) is 50.4 Å². The van der Waals surface area contributed by atoms with Crippen LogP contribution in [-0.2, 0) is 20.8 Å². The lowest BCUT2D eigenvalue weighted by Gasteiger charge is -2.50. The molecule has 2 aromatic rings. The summed E-state index contributed by atoms with van der Waals surface area (Å²) in [5.74, 6) is -6.51. The Hall–Kier alpha value is -4.62. The van der Waals surface area contributed by atoms with Gasteiger partial charge in [0.2, 0.25) is 5.78 Å². The van der Waals surface area contributed by atoms with Crippen molar-refractivity contribution in [2.75, 3.05) is 40.2 Å². The molecule has 5 rings (SSSR count). The Morgan fingerprint density at radius 3 is 2.48 bits per heavy atom. The maximum atomic E-state index is 14.2. The van der Waals surface area contributed by atoms with Gasteiger partial charge in [0.05, 0.1) is 17.2 Å². The number of phenolic OH excluding ortho intramolecular Hbond substituents is 1. The number of likely N-dealkylation sites (N-methyl/N-ethyl adjacent to an activating group) is 1. The van der Waals surface area contributed by atoms with Gasteiger partial charge in [-0.1, -0.05) is 5.16 Å². The third-order valence-electron chi connectivity index (χ3n) is 8.36. The molecule has 1 unspecified atom stereocenters. The number of fused-ring (bicyclic) bond motifs is 3. The molecule has 0 saturated carbocycles. The van der Waals surface area contributed by atoms with Crippen LogP contribution in [0.4, 0.5) is 5.69 Å². The van der Waals surface area contributed by atoms with Gasteiger partial charge in [-0.3, -0.25) is 19.3 Å². The van der Waals surface area contributed by atoms with Crippen LogP contribution in [0.2, 0.25) is 0 Å². The number of hydrogen-bond acceptors (Lipinski definition) is 12. The van der Waals surface area contributed by atoms with Crippen LogP contribution in [0.5, 0.6) is 5.75 Å². The highest BCUT2D eigenvalue weighted by molar-refractivity contribution is 6.25. The summed E-state index contributed by atoms with van der Waals surface area (Å²) in [6, 6.07) is 3.81. The zero-order chi connectivity index (χ0) is 30.8. The number of allylic oxidation sites excluding steroid dienone is 1. The second-order valence-electron chi connectivity index (χ2n) is 11.1. The number of phenols is 1. The quantitative estimate of drug-likeness (QED) is 0.188. The summed E-state index contributed by atoms with van der Waals surface area (Å²) in [7, 11) is 8.09. The average Bonchev–Trinajstić information content (AvgIpc) is 3.37. The van der Waals surface area contributed by atoms with Gasteiger partial charge in [0, 0.05) is 31.3 Å². The smallest absolute Gasteiger partial charge is 0.255 e. The Balaban J connectivity index is 1.72. The van der Waals surface area contributed by atoms with E-state index in [1.54, 1.807) is 51.3 Å². The average molecular weight is 581 g/mol. The summed E-state index contributed by atoms with van der Waals surface area (Å²) < 4.78 is 5.78. The van der Waals surface area contributed by atoms with Crippen molar-refractivity contribution in [3.8, 4) is 17.1 Å². The van der Waals surface area contributed by atoms with Gasteiger partial charge >= 0.3 is 0 Å². The first-order valence-corrected chi connectivity index (χ1v) is 13.1. The minimum atomic E-state index is -2.71. The van der Waals surface area contributed by atoms with E-state index in [4.69, 9.17) is 10.2 Å². The molecular weight excluding hydrogens is 548 g/mol. The summed E-state index contributed by atoms with van der Waals surface area (Å²) in [6.45, 7) is 0. The number of hydrogen-bond donors (Lipinski definition) is 5. The maximum Gasteiger partial charge on any atom is 0.255 e. The van der Waals surface area contributed by atoms with E-state index in [1.807, 2.05) is 0 Å². The van der Waals surface area contributed by atoms with Crippen LogP contribution < -0.4 is 10.6 Å². The van der Waals surface area contributed by atoms with E-state index in [2.05, 4.69) is 9.99 Å². The van der Waals surface area contributed by atoms with E-state index in [9.17, 15) is 34.8 Å². The molecule has 0 spiro atoms. The number of amides is 1. The number of carbonyl (C=O) groups excluding carboxylic acids is 3. The predicted octanol–water partition coefficient (Wildman–Crippen LogP) is 1.43. The highest BCUT2D eigenvalue weighted by atomic mass is 16.6. The number of nitrogens with zero attached hydrogens (tertiary/aromatic N) is 3. The molecule has 0 aliphatic heterocycles. The van der Waals surface area contributed by atoms with Crippen LogP contribution in [-0.4, -0.2) is 96.0 Å². The summed E-state index contributed by atoms with van der Waals surface area (Å²) in [6.07, 6.45) is 1.50. The summed E-state index contributed by atoms with van der Waals surface area (Å²) >= 11 is 0. The predicted molar refractivity (Wildman–Crippen MR) is 150 cm³/mol. The van der Waals surface area contributed by atoms with E-state index in [-0.39, 0.29) is 35.3 Å². The number of nitrogens with two attached hydrogens (primary N) is 1. The van der Waals surface area contributed by atoms with E-state index in [1.165, 1.54) is 18.2 Å². The van der Waals surface area contributed by atoms with Crippen molar-refractivity contribution in [2.45, 2.75) is 24.5 Å². The molecule has 0 saturated heterocycles. The Morgan fingerprint density at radius 2 is 1.88 bits per heavy atom. The summed E-state index contributed by atoms with van der Waals surface area (Å²) in [5, 5.41) is 49.3. The van der Waals surface area contributed by atoms with Gasteiger partial charge in [-0.05, 0) is 56.6 Å². The number of benzene rings is 1. The molecule has 13 nitrogen and oxygen atoms in total. The summed E-state index contributed by atoms with van der Waals surface area (Å²) in [5.41, 5.74) is 2.79. The van der Waals surface area contributed by atoms with Crippen molar-refractivity contribution in [1.29, 1.82) is 0 Å². The van der Waals surface area contributed by atoms with Crippen LogP contribution in [0.1, 0.15) is 28.1 Å². The molecule has 1 amide bonds. The molecule has 6 N–H and O–H groups in total. The molecule has 13 heteroatoms. The van der Waals surface area contributed by atoms with Crippen LogP contribution >= 0.6 is 0 Å². The van der Waals surface area contributed by atoms with Gasteiger partial charge in [-0.15, -0.1) is 0 Å². The molecule has 0 bridgehead atoms. The largest absolute Gasteiger partial charge is 0.510 e. The lowest BCUT2D eigenvalue weighted by molar-refractivity contribution is -0.148. The molecule has 1 aromatic carbocycles. The third-order valence-corrected chi connectivity index (χ3v) is 8.36. The van der Waals surface area contributed by atoms with Gasteiger partial charge in [0.15, 0.2) is 11.4 Å². The molecule has 3 aliphatic carbocycles. The molecule has 1 aromatic heterocycles. The number of Topliss-reactive ketones (excluding diaryl/α,β-unsaturated/α-hetero) is 2. The Bertz CT molecular complexity index is 1620. The fraction of sp³-hybridized carbons (Fsp3) is 0.379. The first kappa shape index (κ1) is 28.9. The van der Waals surface area contributed by atoms with Gasteiger partial charge in [0.1, 0.15) is 47.7 Å². The van der Waals surface area contributed by atoms with Crippen molar-refractivity contribution in [2.24, 2.45) is 22.7 Å². The zero-order valence-corrected chi connectivity index (χ0v) is 23.7. The maximum absolute atomic E-state index is 14.2.